The second-order valence-corrected chi connectivity index (χ2v) is 7.26. The number of nitrogens with one attached hydrogen (secondary N) is 1. The molecule has 1 fully saturated rings. The number of rotatable bonds is 4. The van der Waals surface area contributed by atoms with E-state index in [0.29, 0.717) is 0 Å². The topological polar surface area (TPSA) is 39.3 Å². The minimum atomic E-state index is -0.255. The Morgan fingerprint density at radius 3 is 2.36 bits per heavy atom. The maximum absolute atomic E-state index is 11.8. The molecule has 1 N–H and O–H groups in total. The molecule has 1 aliphatic heterocycles. The lowest BCUT2D eigenvalue weighted by atomic mass is 10.1. The summed E-state index contributed by atoms with van der Waals surface area (Å²) < 4.78 is 0. The fourth-order valence-corrected chi connectivity index (χ4v) is 3.61. The summed E-state index contributed by atoms with van der Waals surface area (Å²) in [5.41, 5.74) is 4.07. The van der Waals surface area contributed by atoms with E-state index in [1.807, 2.05) is 18.2 Å². The van der Waals surface area contributed by atoms with Gasteiger partial charge in [0.25, 0.3) is 5.56 Å². The maximum Gasteiger partial charge on any atom is 0.267 e. The second-order valence-electron chi connectivity index (χ2n) is 6.85. The van der Waals surface area contributed by atoms with Crippen LogP contribution in [0.3, 0.4) is 0 Å². The van der Waals surface area contributed by atoms with Crippen LogP contribution in [0.2, 0.25) is 5.02 Å². The molecule has 1 aromatic heterocycles. The third-order valence-electron chi connectivity index (χ3n) is 5.01. The maximum atomic E-state index is 11.8. The number of nitrogens with zero attached hydrogens (tertiary/aromatic N) is 2. The summed E-state index contributed by atoms with van der Waals surface area (Å²) in [5.74, 6) is 0. The first kappa shape index (κ1) is 20.5. The van der Waals surface area contributed by atoms with E-state index in [4.69, 9.17) is 11.6 Å². The van der Waals surface area contributed by atoms with Crippen LogP contribution in [0.25, 0.3) is 11.3 Å². The molecule has 0 saturated carbocycles. The van der Waals surface area contributed by atoms with Crippen LogP contribution < -0.4 is 10.5 Å². The Morgan fingerprint density at radius 2 is 1.64 bits per heavy atom. The average molecular weight is 416 g/mol. The zero-order valence-electron chi connectivity index (χ0n) is 15.5. The Balaban J connectivity index is 0.00000225. The van der Waals surface area contributed by atoms with Crippen LogP contribution in [0, 0.1) is 0 Å². The number of benzene rings is 2. The predicted octanol–water partition coefficient (Wildman–Crippen LogP) is 4.44. The third kappa shape index (κ3) is 4.76. The molecule has 0 unspecified atom stereocenters. The van der Waals surface area contributed by atoms with Gasteiger partial charge in [0.15, 0.2) is 0 Å². The minimum Gasteiger partial charge on any atom is -0.369 e. The lowest BCUT2D eigenvalue weighted by Crippen LogP contribution is -2.45. The number of piperazine rings is 1. The highest BCUT2D eigenvalue weighted by molar-refractivity contribution is 6.30. The van der Waals surface area contributed by atoms with Gasteiger partial charge in [0.05, 0.1) is 0 Å². The molecule has 0 aliphatic carbocycles. The van der Waals surface area contributed by atoms with E-state index in [0.717, 1.165) is 44.0 Å². The molecule has 0 atom stereocenters. The van der Waals surface area contributed by atoms with Crippen molar-refractivity contribution in [1.29, 1.82) is 0 Å². The van der Waals surface area contributed by atoms with Crippen LogP contribution in [-0.2, 0) is 6.54 Å². The van der Waals surface area contributed by atoms with Gasteiger partial charge in [0, 0.05) is 49.7 Å². The number of aromatic amines is 1. The lowest BCUT2D eigenvalue weighted by molar-refractivity contribution is 0.250. The monoisotopic (exact) mass is 415 g/mol. The number of hydrogen-bond acceptors (Lipinski definition) is 3. The van der Waals surface area contributed by atoms with Gasteiger partial charge in [-0.15, -0.1) is 12.4 Å². The molecule has 2 heterocycles. The molecule has 3 aromatic rings. The molecule has 4 rings (SSSR count). The highest BCUT2D eigenvalue weighted by Gasteiger charge is 2.17. The first-order chi connectivity index (χ1) is 13.2. The summed E-state index contributed by atoms with van der Waals surface area (Å²) in [6.45, 7) is 5.06. The van der Waals surface area contributed by atoms with Gasteiger partial charge in [0.1, 0.15) is 5.02 Å². The van der Waals surface area contributed by atoms with Crippen molar-refractivity contribution >= 4 is 29.7 Å². The third-order valence-corrected chi connectivity index (χ3v) is 5.30. The van der Waals surface area contributed by atoms with Crippen molar-refractivity contribution in [2.75, 3.05) is 31.1 Å². The van der Waals surface area contributed by atoms with Crippen molar-refractivity contribution < 1.29 is 0 Å². The Hall–Kier alpha value is -2.27. The van der Waals surface area contributed by atoms with Crippen molar-refractivity contribution in [3.8, 4) is 11.3 Å². The number of anilines is 1. The summed E-state index contributed by atoms with van der Waals surface area (Å²) in [4.78, 5) is 19.5. The van der Waals surface area contributed by atoms with Crippen LogP contribution >= 0.6 is 24.0 Å². The van der Waals surface area contributed by atoms with Gasteiger partial charge in [0.2, 0.25) is 0 Å². The number of pyridine rings is 1. The molecular weight excluding hydrogens is 393 g/mol. The van der Waals surface area contributed by atoms with Gasteiger partial charge in [-0.1, -0.05) is 54.1 Å². The van der Waals surface area contributed by atoms with Crippen molar-refractivity contribution in [3.63, 3.8) is 0 Å². The highest BCUT2D eigenvalue weighted by atomic mass is 35.5. The van der Waals surface area contributed by atoms with E-state index in [1.165, 1.54) is 11.3 Å². The average Bonchev–Trinajstić information content (AvgIpc) is 2.71. The summed E-state index contributed by atoms with van der Waals surface area (Å²) >= 11 is 5.84. The van der Waals surface area contributed by atoms with Crippen LogP contribution in [-0.4, -0.2) is 36.1 Å². The van der Waals surface area contributed by atoms with Gasteiger partial charge in [-0.25, -0.2) is 0 Å². The normalized spacial score (nSPS) is 14.5. The summed E-state index contributed by atoms with van der Waals surface area (Å²) in [7, 11) is 0. The molecule has 6 heteroatoms. The Kier molecular flexibility index (Phi) is 6.79. The van der Waals surface area contributed by atoms with Crippen molar-refractivity contribution in [1.82, 2.24) is 9.88 Å². The van der Waals surface area contributed by atoms with E-state index >= 15 is 0 Å². The number of aromatic nitrogens is 1. The Morgan fingerprint density at radius 1 is 0.893 bits per heavy atom. The molecule has 1 aliphatic rings. The first-order valence-electron chi connectivity index (χ1n) is 9.19. The van der Waals surface area contributed by atoms with E-state index in [1.54, 1.807) is 6.07 Å². The number of H-pyrrole nitrogens is 1. The van der Waals surface area contributed by atoms with E-state index in [2.05, 4.69) is 57.2 Å². The molecule has 146 valence electrons. The molecule has 0 amide bonds. The molecule has 28 heavy (non-hydrogen) atoms. The second kappa shape index (κ2) is 9.28. The van der Waals surface area contributed by atoms with Crippen LogP contribution in [0.1, 0.15) is 5.56 Å². The van der Waals surface area contributed by atoms with E-state index in [9.17, 15) is 4.79 Å². The number of hydrogen-bond donors (Lipinski definition) is 1. The van der Waals surface area contributed by atoms with Crippen molar-refractivity contribution in [2.45, 2.75) is 6.54 Å². The fourth-order valence-electron chi connectivity index (χ4n) is 3.50. The van der Waals surface area contributed by atoms with Crippen LogP contribution in [0.4, 0.5) is 5.69 Å². The lowest BCUT2D eigenvalue weighted by Gasteiger charge is -2.36. The first-order valence-corrected chi connectivity index (χ1v) is 9.57. The van der Waals surface area contributed by atoms with Gasteiger partial charge in [-0.3, -0.25) is 9.69 Å². The summed E-state index contributed by atoms with van der Waals surface area (Å²) in [6, 6.07) is 22.4. The zero-order chi connectivity index (χ0) is 18.6. The fraction of sp³-hybridized carbons (Fsp3) is 0.227. The molecule has 4 nitrogen and oxygen atoms in total. The van der Waals surface area contributed by atoms with Gasteiger partial charge < -0.3 is 9.88 Å². The van der Waals surface area contributed by atoms with E-state index in [-0.39, 0.29) is 23.0 Å². The van der Waals surface area contributed by atoms with Crippen molar-refractivity contribution in [3.05, 3.63) is 87.7 Å². The quantitative estimate of drug-likeness (QED) is 0.684. The Bertz CT molecular complexity index is 967. The van der Waals surface area contributed by atoms with Gasteiger partial charge in [-0.05, 0) is 29.8 Å². The molecule has 0 spiro atoms. The smallest absolute Gasteiger partial charge is 0.267 e. The minimum absolute atomic E-state index is 0. The standard InChI is InChI=1S/C22H22ClN3O.ClH/c23-20-9-10-21(24-22(20)27)18-7-4-8-19(15-18)26-13-11-25(12-14-26)16-17-5-2-1-3-6-17;/h1-10,15H,11-14,16H2,(H,24,27);1H. The molecule has 0 radical (unpaired) electrons. The summed E-state index contributed by atoms with van der Waals surface area (Å²) in [6.07, 6.45) is 0. The molecular formula is C22H23Cl2N3O. The zero-order valence-corrected chi connectivity index (χ0v) is 17.0. The SMILES string of the molecule is Cl.O=c1[nH]c(-c2cccc(N3CCN(Cc4ccccc4)CC3)c2)ccc1Cl. The molecule has 1 saturated heterocycles. The summed E-state index contributed by atoms with van der Waals surface area (Å²) in [5, 5.41) is 0.212. The van der Waals surface area contributed by atoms with Gasteiger partial charge >= 0.3 is 0 Å². The van der Waals surface area contributed by atoms with Crippen LogP contribution in [0.5, 0.6) is 0 Å². The van der Waals surface area contributed by atoms with Crippen molar-refractivity contribution in [2.24, 2.45) is 0 Å². The van der Waals surface area contributed by atoms with Gasteiger partial charge in [-0.2, -0.15) is 0 Å². The largest absolute Gasteiger partial charge is 0.369 e. The number of halogens is 2. The highest BCUT2D eigenvalue weighted by Crippen LogP contribution is 2.24. The van der Waals surface area contributed by atoms with Crippen LogP contribution in [0.15, 0.2) is 71.5 Å². The molecule has 2 aromatic carbocycles. The Labute approximate surface area is 176 Å². The predicted molar refractivity (Wildman–Crippen MR) is 119 cm³/mol. The van der Waals surface area contributed by atoms with E-state index < -0.39 is 0 Å². The molecule has 0 bridgehead atoms.